The fourth-order valence-electron chi connectivity index (χ4n) is 3.43. The van der Waals surface area contributed by atoms with Crippen LogP contribution in [0.3, 0.4) is 0 Å². The molecule has 0 saturated carbocycles. The number of rotatable bonds is 12. The highest BCUT2D eigenvalue weighted by Crippen LogP contribution is 2.30. The van der Waals surface area contributed by atoms with Gasteiger partial charge in [0.25, 0.3) is 0 Å². The normalized spacial score (nSPS) is 10.4. The van der Waals surface area contributed by atoms with Crippen LogP contribution in [0.15, 0.2) is 77.7 Å². The first-order chi connectivity index (χ1) is 16.5. The van der Waals surface area contributed by atoms with Gasteiger partial charge in [-0.05, 0) is 85.5 Å². The van der Waals surface area contributed by atoms with Crippen LogP contribution in [0.5, 0.6) is 17.2 Å². The van der Waals surface area contributed by atoms with Gasteiger partial charge in [0.1, 0.15) is 17.2 Å². The fraction of sp³-hybridized carbons (Fsp3) is 0.250. The van der Waals surface area contributed by atoms with E-state index in [-0.39, 0.29) is 6.61 Å². The summed E-state index contributed by atoms with van der Waals surface area (Å²) in [6.45, 7) is 6.80. The number of aryl methyl sites for hydroxylation is 1. The Balaban J connectivity index is 1.79. The second-order valence-corrected chi connectivity index (χ2v) is 8.55. The molecule has 0 atom stereocenters. The van der Waals surface area contributed by atoms with Crippen LogP contribution < -0.4 is 14.2 Å². The monoisotopic (exact) mass is 478 g/mol. The van der Waals surface area contributed by atoms with E-state index in [0.29, 0.717) is 19.0 Å². The van der Waals surface area contributed by atoms with E-state index in [1.807, 2.05) is 63.2 Å². The van der Waals surface area contributed by atoms with Crippen molar-refractivity contribution in [1.82, 2.24) is 0 Å². The van der Waals surface area contributed by atoms with Crippen molar-refractivity contribution in [3.63, 3.8) is 0 Å². The molecule has 0 aliphatic carbocycles. The van der Waals surface area contributed by atoms with Crippen LogP contribution in [-0.2, 0) is 4.79 Å². The van der Waals surface area contributed by atoms with E-state index < -0.39 is 5.97 Å². The van der Waals surface area contributed by atoms with Crippen LogP contribution in [0.2, 0.25) is 0 Å². The molecule has 0 amide bonds. The molecule has 0 aliphatic rings. The second kappa shape index (κ2) is 12.8. The van der Waals surface area contributed by atoms with E-state index in [1.54, 1.807) is 11.8 Å². The average Bonchev–Trinajstić information content (AvgIpc) is 2.83. The summed E-state index contributed by atoms with van der Waals surface area (Å²) in [6.07, 6.45) is 2.22. The number of thioether (sulfide) groups is 1. The number of carbonyl (C=O) groups is 1. The zero-order valence-corrected chi connectivity index (χ0v) is 20.6. The van der Waals surface area contributed by atoms with Crippen molar-refractivity contribution in [3.05, 3.63) is 89.5 Å². The molecule has 178 valence electrons. The predicted octanol–water partition coefficient (Wildman–Crippen LogP) is 6.48. The fourth-order valence-corrected chi connectivity index (χ4v) is 4.30. The van der Waals surface area contributed by atoms with Gasteiger partial charge in [-0.15, -0.1) is 11.8 Å². The molecule has 0 radical (unpaired) electrons. The predicted molar refractivity (Wildman–Crippen MR) is 137 cm³/mol. The van der Waals surface area contributed by atoms with Gasteiger partial charge in [0, 0.05) is 10.6 Å². The number of benzene rings is 3. The molecule has 34 heavy (non-hydrogen) atoms. The minimum absolute atomic E-state index is 0.344. The molecule has 3 aromatic carbocycles. The molecule has 0 fully saturated rings. The highest BCUT2D eigenvalue weighted by molar-refractivity contribution is 7.99. The third-order valence-corrected chi connectivity index (χ3v) is 5.91. The van der Waals surface area contributed by atoms with Crippen molar-refractivity contribution in [1.29, 1.82) is 0 Å². The lowest BCUT2D eigenvalue weighted by atomic mass is 9.97. The van der Waals surface area contributed by atoms with Crippen LogP contribution in [0.4, 0.5) is 0 Å². The Labute approximate surface area is 205 Å². The maximum absolute atomic E-state index is 10.7. The molecule has 0 saturated heterocycles. The average molecular weight is 479 g/mol. The maximum Gasteiger partial charge on any atom is 0.341 e. The number of hydrogen-bond donors (Lipinski definition) is 1. The molecule has 0 unspecified atom stereocenters. The van der Waals surface area contributed by atoms with Crippen molar-refractivity contribution in [2.45, 2.75) is 25.7 Å². The second-order valence-electron chi connectivity index (χ2n) is 7.45. The van der Waals surface area contributed by atoms with Crippen LogP contribution >= 0.6 is 11.8 Å². The molecule has 3 rings (SSSR count). The van der Waals surface area contributed by atoms with Crippen molar-refractivity contribution in [3.8, 4) is 17.2 Å². The summed E-state index contributed by atoms with van der Waals surface area (Å²) in [4.78, 5) is 11.8. The third-order valence-electron chi connectivity index (χ3n) is 4.99. The molecular weight excluding hydrogens is 448 g/mol. The molecule has 1 N–H and O–H groups in total. The van der Waals surface area contributed by atoms with E-state index in [2.05, 4.69) is 30.3 Å². The Kier molecular flexibility index (Phi) is 9.47. The first-order valence-corrected chi connectivity index (χ1v) is 12.2. The van der Waals surface area contributed by atoms with Gasteiger partial charge in [0.15, 0.2) is 6.61 Å². The third kappa shape index (κ3) is 7.32. The van der Waals surface area contributed by atoms with Gasteiger partial charge in [-0.1, -0.05) is 30.3 Å². The molecular formula is C28H30O5S. The van der Waals surface area contributed by atoms with E-state index in [4.69, 9.17) is 19.3 Å². The van der Waals surface area contributed by atoms with Gasteiger partial charge < -0.3 is 19.3 Å². The van der Waals surface area contributed by atoms with Gasteiger partial charge in [-0.25, -0.2) is 4.79 Å². The van der Waals surface area contributed by atoms with E-state index in [0.717, 1.165) is 44.4 Å². The first-order valence-electron chi connectivity index (χ1n) is 11.2. The molecule has 0 bridgehead atoms. The minimum Gasteiger partial charge on any atom is -0.494 e. The summed E-state index contributed by atoms with van der Waals surface area (Å²) in [6, 6.07) is 22.1. The Hall–Kier alpha value is -3.38. The van der Waals surface area contributed by atoms with Crippen LogP contribution in [0.1, 0.15) is 30.5 Å². The van der Waals surface area contributed by atoms with Crippen molar-refractivity contribution < 1.29 is 24.1 Å². The lowest BCUT2D eigenvalue weighted by Gasteiger charge is -2.12. The summed E-state index contributed by atoms with van der Waals surface area (Å²) in [7, 11) is 0. The van der Waals surface area contributed by atoms with E-state index in [9.17, 15) is 4.79 Å². The molecule has 6 heteroatoms. The smallest absolute Gasteiger partial charge is 0.341 e. The van der Waals surface area contributed by atoms with E-state index in [1.165, 1.54) is 0 Å². The Morgan fingerprint density at radius 1 is 0.853 bits per heavy atom. The lowest BCUT2D eigenvalue weighted by molar-refractivity contribution is -0.139. The Morgan fingerprint density at radius 2 is 1.41 bits per heavy atom. The lowest BCUT2D eigenvalue weighted by Crippen LogP contribution is -2.09. The highest BCUT2D eigenvalue weighted by Gasteiger charge is 2.08. The first kappa shape index (κ1) is 25.2. The quantitative estimate of drug-likeness (QED) is 0.301. The number of carboxylic acid groups (broad SMARTS) is 1. The van der Waals surface area contributed by atoms with Crippen molar-refractivity contribution >= 4 is 23.3 Å². The van der Waals surface area contributed by atoms with Gasteiger partial charge in [-0.3, -0.25) is 0 Å². The van der Waals surface area contributed by atoms with Gasteiger partial charge in [0.2, 0.25) is 0 Å². The minimum atomic E-state index is -0.987. The molecule has 0 spiro atoms. The van der Waals surface area contributed by atoms with Crippen molar-refractivity contribution in [2.75, 3.05) is 25.6 Å². The van der Waals surface area contributed by atoms with Crippen LogP contribution in [-0.4, -0.2) is 36.6 Å². The van der Waals surface area contributed by atoms with Gasteiger partial charge in [0.05, 0.1) is 13.2 Å². The SMILES string of the molecule is CCOc1ccc(C(=CCSc2ccc(OCC(=O)O)c(C)c2)c2ccc(OCC)cc2)cc1. The Morgan fingerprint density at radius 3 is 1.88 bits per heavy atom. The van der Waals surface area contributed by atoms with Crippen LogP contribution in [0, 0.1) is 6.92 Å². The van der Waals surface area contributed by atoms with Crippen LogP contribution in [0.25, 0.3) is 5.57 Å². The molecule has 5 nitrogen and oxygen atoms in total. The summed E-state index contributed by atoms with van der Waals surface area (Å²) < 4.78 is 16.5. The molecule has 0 aromatic heterocycles. The van der Waals surface area contributed by atoms with Crippen molar-refractivity contribution in [2.24, 2.45) is 0 Å². The highest BCUT2D eigenvalue weighted by atomic mass is 32.2. The number of ether oxygens (including phenoxy) is 3. The zero-order valence-electron chi connectivity index (χ0n) is 19.7. The van der Waals surface area contributed by atoms with Gasteiger partial charge >= 0.3 is 5.97 Å². The Bertz CT molecular complexity index is 1050. The van der Waals surface area contributed by atoms with E-state index >= 15 is 0 Å². The maximum atomic E-state index is 10.7. The largest absolute Gasteiger partial charge is 0.494 e. The topological polar surface area (TPSA) is 65.0 Å². The summed E-state index contributed by atoms with van der Waals surface area (Å²) in [5, 5.41) is 8.81. The molecule has 0 aliphatic heterocycles. The number of carboxylic acids is 1. The molecule has 0 heterocycles. The summed E-state index contributed by atoms with van der Waals surface area (Å²) in [5.41, 5.74) is 4.27. The summed E-state index contributed by atoms with van der Waals surface area (Å²) >= 11 is 1.71. The summed E-state index contributed by atoms with van der Waals surface area (Å²) in [5.74, 6) is 2.08. The standard InChI is InChI=1S/C28H30O5S/c1-4-31-23-10-6-21(7-11-23)26(22-8-12-24(13-9-22)32-5-2)16-17-34-25-14-15-27(20(3)18-25)33-19-28(29)30/h6-16,18H,4-5,17,19H2,1-3H3,(H,29,30). The zero-order chi connectivity index (χ0) is 24.3. The number of hydrogen-bond acceptors (Lipinski definition) is 5. The molecule has 3 aromatic rings. The van der Waals surface area contributed by atoms with Gasteiger partial charge in [-0.2, -0.15) is 0 Å². The number of aliphatic carboxylic acids is 1.